The summed E-state index contributed by atoms with van der Waals surface area (Å²) in [4.78, 5) is 19.1. The van der Waals surface area contributed by atoms with E-state index < -0.39 is 0 Å². The number of benzene rings is 2. The topological polar surface area (TPSA) is 45.3 Å². The van der Waals surface area contributed by atoms with E-state index in [1.54, 1.807) is 12.1 Å². The second-order valence-corrected chi connectivity index (χ2v) is 7.34. The maximum absolute atomic E-state index is 13.1. The van der Waals surface area contributed by atoms with Gasteiger partial charge in [0, 0.05) is 45.0 Å². The zero-order valence-corrected chi connectivity index (χ0v) is 16.6. The van der Waals surface area contributed by atoms with Crippen molar-refractivity contribution in [1.82, 2.24) is 9.80 Å². The summed E-state index contributed by atoms with van der Waals surface area (Å²) >= 11 is 0. The molecule has 0 bridgehead atoms. The molecular formula is C22H26FN3O3. The van der Waals surface area contributed by atoms with Crippen LogP contribution in [0.3, 0.4) is 0 Å². The SMILES string of the molecule is CCN(Cc1ccc2c(c1)OCO2)C(=O)CN1CCN(c2ccc(F)cc2)CC1. The molecule has 0 N–H and O–H groups in total. The average Bonchev–Trinajstić information content (AvgIpc) is 3.21. The Balaban J connectivity index is 1.29. The van der Waals surface area contributed by atoms with Gasteiger partial charge in [-0.2, -0.15) is 0 Å². The van der Waals surface area contributed by atoms with E-state index in [1.165, 1.54) is 12.1 Å². The van der Waals surface area contributed by atoms with Crippen molar-refractivity contribution in [3.05, 3.63) is 53.8 Å². The molecule has 0 atom stereocenters. The van der Waals surface area contributed by atoms with Crippen molar-refractivity contribution >= 4 is 11.6 Å². The number of ether oxygens (including phenoxy) is 2. The van der Waals surface area contributed by atoms with Gasteiger partial charge in [0.2, 0.25) is 12.7 Å². The van der Waals surface area contributed by atoms with Crippen molar-refractivity contribution in [3.63, 3.8) is 0 Å². The fourth-order valence-corrected chi connectivity index (χ4v) is 3.74. The average molecular weight is 399 g/mol. The summed E-state index contributed by atoms with van der Waals surface area (Å²) in [5.41, 5.74) is 2.06. The third-order valence-electron chi connectivity index (χ3n) is 5.47. The maximum atomic E-state index is 13.1. The summed E-state index contributed by atoms with van der Waals surface area (Å²) in [6, 6.07) is 12.4. The molecule has 29 heavy (non-hydrogen) atoms. The van der Waals surface area contributed by atoms with Crippen molar-refractivity contribution < 1.29 is 18.7 Å². The van der Waals surface area contributed by atoms with Crippen LogP contribution in [0, 0.1) is 5.82 Å². The van der Waals surface area contributed by atoms with Gasteiger partial charge in [-0.25, -0.2) is 4.39 Å². The Morgan fingerprint density at radius 3 is 2.48 bits per heavy atom. The highest BCUT2D eigenvalue weighted by Gasteiger charge is 2.22. The first-order chi connectivity index (χ1) is 14.1. The Hall–Kier alpha value is -2.80. The van der Waals surface area contributed by atoms with E-state index in [4.69, 9.17) is 9.47 Å². The molecule has 2 aliphatic rings. The predicted octanol–water partition coefficient (Wildman–Crippen LogP) is 2.73. The van der Waals surface area contributed by atoms with Crippen LogP contribution >= 0.6 is 0 Å². The summed E-state index contributed by atoms with van der Waals surface area (Å²) < 4.78 is 23.9. The van der Waals surface area contributed by atoms with Crippen LogP contribution in [0.2, 0.25) is 0 Å². The third kappa shape index (κ3) is 4.62. The molecule has 2 aromatic carbocycles. The van der Waals surface area contributed by atoms with E-state index in [1.807, 2.05) is 30.0 Å². The fourth-order valence-electron chi connectivity index (χ4n) is 3.74. The van der Waals surface area contributed by atoms with Crippen molar-refractivity contribution in [2.24, 2.45) is 0 Å². The second kappa shape index (κ2) is 8.69. The van der Waals surface area contributed by atoms with Gasteiger partial charge in [-0.05, 0) is 48.9 Å². The minimum atomic E-state index is -0.222. The molecular weight excluding hydrogens is 373 g/mol. The fraction of sp³-hybridized carbons (Fsp3) is 0.409. The van der Waals surface area contributed by atoms with E-state index in [-0.39, 0.29) is 18.5 Å². The van der Waals surface area contributed by atoms with E-state index in [0.29, 0.717) is 19.6 Å². The van der Waals surface area contributed by atoms with Crippen LogP contribution in [-0.2, 0) is 11.3 Å². The van der Waals surface area contributed by atoms with Gasteiger partial charge in [-0.1, -0.05) is 6.07 Å². The molecule has 0 saturated carbocycles. The zero-order chi connectivity index (χ0) is 20.2. The third-order valence-corrected chi connectivity index (χ3v) is 5.47. The summed E-state index contributed by atoms with van der Waals surface area (Å²) in [6.45, 7) is 7.15. The van der Waals surface area contributed by atoms with Gasteiger partial charge in [-0.15, -0.1) is 0 Å². The number of carbonyl (C=O) groups excluding carboxylic acids is 1. The van der Waals surface area contributed by atoms with E-state index in [9.17, 15) is 9.18 Å². The van der Waals surface area contributed by atoms with Gasteiger partial charge in [-0.3, -0.25) is 9.69 Å². The number of hydrogen-bond acceptors (Lipinski definition) is 5. The lowest BCUT2D eigenvalue weighted by Crippen LogP contribution is -2.50. The van der Waals surface area contributed by atoms with Crippen molar-refractivity contribution in [2.45, 2.75) is 13.5 Å². The van der Waals surface area contributed by atoms with Gasteiger partial charge in [0.05, 0.1) is 6.54 Å². The predicted molar refractivity (Wildman–Crippen MR) is 109 cm³/mol. The molecule has 1 fully saturated rings. The van der Waals surface area contributed by atoms with Crippen LogP contribution in [0.25, 0.3) is 0 Å². The summed E-state index contributed by atoms with van der Waals surface area (Å²) in [6.07, 6.45) is 0. The molecule has 1 saturated heterocycles. The summed E-state index contributed by atoms with van der Waals surface area (Å²) in [5.74, 6) is 1.39. The highest BCUT2D eigenvalue weighted by atomic mass is 19.1. The van der Waals surface area contributed by atoms with Crippen LogP contribution < -0.4 is 14.4 Å². The highest BCUT2D eigenvalue weighted by Crippen LogP contribution is 2.32. The van der Waals surface area contributed by atoms with Crippen molar-refractivity contribution in [1.29, 1.82) is 0 Å². The molecule has 1 amide bonds. The summed E-state index contributed by atoms with van der Waals surface area (Å²) in [7, 11) is 0. The highest BCUT2D eigenvalue weighted by molar-refractivity contribution is 5.78. The molecule has 0 aromatic heterocycles. The zero-order valence-electron chi connectivity index (χ0n) is 16.6. The lowest BCUT2D eigenvalue weighted by Gasteiger charge is -2.36. The lowest BCUT2D eigenvalue weighted by molar-refractivity contribution is -0.132. The van der Waals surface area contributed by atoms with Gasteiger partial charge < -0.3 is 19.3 Å². The van der Waals surface area contributed by atoms with Crippen LogP contribution in [0.15, 0.2) is 42.5 Å². The molecule has 2 heterocycles. The van der Waals surface area contributed by atoms with Crippen LogP contribution in [0.5, 0.6) is 11.5 Å². The second-order valence-electron chi connectivity index (χ2n) is 7.34. The molecule has 154 valence electrons. The number of amides is 1. The number of nitrogens with zero attached hydrogens (tertiary/aromatic N) is 3. The minimum Gasteiger partial charge on any atom is -0.454 e. The van der Waals surface area contributed by atoms with Crippen LogP contribution in [-0.4, -0.2) is 61.8 Å². The maximum Gasteiger partial charge on any atom is 0.237 e. The molecule has 2 aliphatic heterocycles. The van der Waals surface area contributed by atoms with Gasteiger partial charge in [0.1, 0.15) is 5.82 Å². The lowest BCUT2D eigenvalue weighted by atomic mass is 10.2. The number of hydrogen-bond donors (Lipinski definition) is 0. The number of anilines is 1. The molecule has 4 rings (SSSR count). The largest absolute Gasteiger partial charge is 0.454 e. The quantitative estimate of drug-likeness (QED) is 0.748. The first-order valence-corrected chi connectivity index (χ1v) is 10.0. The standard InChI is InChI=1S/C22H26FN3O3/c1-2-25(14-17-3-8-20-21(13-17)29-16-28-20)22(27)15-24-9-11-26(12-10-24)19-6-4-18(23)5-7-19/h3-8,13H,2,9-12,14-16H2,1H3. The first kappa shape index (κ1) is 19.5. The Morgan fingerprint density at radius 1 is 1.03 bits per heavy atom. The number of fused-ring (bicyclic) bond motifs is 1. The van der Waals surface area contributed by atoms with Gasteiger partial charge in [0.15, 0.2) is 11.5 Å². The molecule has 7 heteroatoms. The monoisotopic (exact) mass is 399 g/mol. The molecule has 0 unspecified atom stereocenters. The Kier molecular flexibility index (Phi) is 5.85. The van der Waals surface area contributed by atoms with Gasteiger partial charge >= 0.3 is 0 Å². The summed E-state index contributed by atoms with van der Waals surface area (Å²) in [5, 5.41) is 0. The molecule has 0 aliphatic carbocycles. The number of piperazine rings is 1. The number of likely N-dealkylation sites (N-methyl/N-ethyl adjacent to an activating group) is 1. The van der Waals surface area contributed by atoms with Gasteiger partial charge in [0.25, 0.3) is 0 Å². The molecule has 2 aromatic rings. The Labute approximate surface area is 170 Å². The van der Waals surface area contributed by atoms with Crippen molar-refractivity contribution in [2.75, 3.05) is 51.0 Å². The Morgan fingerprint density at radius 2 is 1.76 bits per heavy atom. The first-order valence-electron chi connectivity index (χ1n) is 10.0. The van der Waals surface area contributed by atoms with Crippen LogP contribution in [0.1, 0.15) is 12.5 Å². The van der Waals surface area contributed by atoms with Crippen LogP contribution in [0.4, 0.5) is 10.1 Å². The van der Waals surface area contributed by atoms with Crippen molar-refractivity contribution in [3.8, 4) is 11.5 Å². The van der Waals surface area contributed by atoms with E-state index in [0.717, 1.165) is 48.9 Å². The number of halogens is 1. The van der Waals surface area contributed by atoms with E-state index >= 15 is 0 Å². The molecule has 0 radical (unpaired) electrons. The number of carbonyl (C=O) groups is 1. The minimum absolute atomic E-state index is 0.125. The smallest absolute Gasteiger partial charge is 0.237 e. The molecule has 0 spiro atoms. The van der Waals surface area contributed by atoms with E-state index in [2.05, 4.69) is 9.80 Å². The number of rotatable bonds is 6. The Bertz CT molecular complexity index is 851. The molecule has 6 nitrogen and oxygen atoms in total. The normalized spacial score (nSPS) is 16.1.